The molecular formula is C20H28N6O. The van der Waals surface area contributed by atoms with Gasteiger partial charge in [-0.3, -0.25) is 0 Å². The normalized spacial score (nSPS) is 20.0. The lowest BCUT2D eigenvalue weighted by molar-refractivity contribution is 0.113. The van der Waals surface area contributed by atoms with E-state index in [1.54, 1.807) is 0 Å². The molecule has 1 aromatic heterocycles. The zero-order valence-corrected chi connectivity index (χ0v) is 16.2. The van der Waals surface area contributed by atoms with E-state index >= 15 is 0 Å². The summed E-state index contributed by atoms with van der Waals surface area (Å²) in [5, 5.41) is 11.9. The number of aryl methyl sites for hydroxylation is 1. The second kappa shape index (κ2) is 8.08. The van der Waals surface area contributed by atoms with Crippen LogP contribution in [-0.2, 0) is 31.3 Å². The second-order valence-electron chi connectivity index (χ2n) is 7.32. The van der Waals surface area contributed by atoms with E-state index in [9.17, 15) is 0 Å². The third kappa shape index (κ3) is 4.13. The lowest BCUT2D eigenvalue weighted by Crippen LogP contribution is -2.46. The predicted molar refractivity (Wildman–Crippen MR) is 104 cm³/mol. The fraction of sp³-hybridized carbons (Fsp3) is 0.550. The first-order valence-corrected chi connectivity index (χ1v) is 9.77. The van der Waals surface area contributed by atoms with Gasteiger partial charge in [-0.2, -0.15) is 0 Å². The van der Waals surface area contributed by atoms with Crippen LogP contribution in [0.15, 0.2) is 29.3 Å². The molecule has 1 saturated heterocycles. The minimum absolute atomic E-state index is 0.282. The molecule has 0 radical (unpaired) electrons. The van der Waals surface area contributed by atoms with E-state index in [2.05, 4.69) is 44.7 Å². The average Bonchev–Trinajstić information content (AvgIpc) is 3.33. The predicted octanol–water partition coefficient (Wildman–Crippen LogP) is 1.81. The molecule has 1 fully saturated rings. The summed E-state index contributed by atoms with van der Waals surface area (Å²) < 4.78 is 7.76. The van der Waals surface area contributed by atoms with Crippen molar-refractivity contribution in [1.82, 2.24) is 25.0 Å². The first-order chi connectivity index (χ1) is 13.2. The Morgan fingerprint density at radius 2 is 2.15 bits per heavy atom. The SMILES string of the molecule is Cc1nnc(CN=C(NCC2CCCO2)N2CCc3ccccc3C2)n1C. The molecule has 1 N–H and O–H groups in total. The fourth-order valence-corrected chi connectivity index (χ4v) is 3.69. The van der Waals surface area contributed by atoms with Crippen molar-refractivity contribution in [3.05, 3.63) is 47.0 Å². The summed E-state index contributed by atoms with van der Waals surface area (Å²) >= 11 is 0. The van der Waals surface area contributed by atoms with Crippen LogP contribution in [0.2, 0.25) is 0 Å². The fourth-order valence-electron chi connectivity index (χ4n) is 3.69. The van der Waals surface area contributed by atoms with Crippen molar-refractivity contribution < 1.29 is 4.74 Å². The van der Waals surface area contributed by atoms with Crippen molar-refractivity contribution in [2.75, 3.05) is 19.7 Å². The van der Waals surface area contributed by atoms with Crippen molar-refractivity contribution in [2.45, 2.75) is 45.4 Å². The molecule has 27 heavy (non-hydrogen) atoms. The maximum absolute atomic E-state index is 5.77. The summed E-state index contributed by atoms with van der Waals surface area (Å²) in [6.07, 6.45) is 3.59. The maximum atomic E-state index is 5.77. The lowest BCUT2D eigenvalue weighted by atomic mass is 10.0. The average molecular weight is 368 g/mol. The number of rotatable bonds is 4. The largest absolute Gasteiger partial charge is 0.376 e. The van der Waals surface area contributed by atoms with E-state index in [-0.39, 0.29) is 6.10 Å². The van der Waals surface area contributed by atoms with Crippen molar-refractivity contribution in [1.29, 1.82) is 0 Å². The Labute approximate surface area is 160 Å². The Morgan fingerprint density at radius 3 is 2.89 bits per heavy atom. The number of guanidine groups is 1. The number of hydrogen-bond donors (Lipinski definition) is 1. The molecule has 0 saturated carbocycles. The van der Waals surface area contributed by atoms with Crippen LogP contribution >= 0.6 is 0 Å². The number of benzene rings is 1. The van der Waals surface area contributed by atoms with Gasteiger partial charge in [0.05, 0.1) is 6.10 Å². The molecule has 2 aliphatic rings. The molecule has 0 bridgehead atoms. The Kier molecular flexibility index (Phi) is 5.38. The van der Waals surface area contributed by atoms with E-state index in [0.717, 1.165) is 63.1 Å². The molecule has 4 rings (SSSR count). The van der Waals surface area contributed by atoms with Crippen LogP contribution < -0.4 is 5.32 Å². The third-order valence-electron chi connectivity index (χ3n) is 5.50. The van der Waals surface area contributed by atoms with Crippen LogP contribution in [0.4, 0.5) is 0 Å². The number of nitrogens with one attached hydrogen (secondary N) is 1. The van der Waals surface area contributed by atoms with Crippen LogP contribution in [0.3, 0.4) is 0 Å². The van der Waals surface area contributed by atoms with Gasteiger partial charge in [-0.25, -0.2) is 4.99 Å². The van der Waals surface area contributed by atoms with Gasteiger partial charge in [0, 0.05) is 33.3 Å². The van der Waals surface area contributed by atoms with E-state index in [0.29, 0.717) is 6.54 Å². The summed E-state index contributed by atoms with van der Waals surface area (Å²) in [5.41, 5.74) is 2.82. The number of aromatic nitrogens is 3. The standard InChI is InChI=1S/C20H28N6O/c1-15-23-24-19(25(15)2)13-22-20(21-12-18-8-5-11-27-18)26-10-9-16-6-3-4-7-17(16)14-26/h3-4,6-7,18H,5,8-14H2,1-2H3,(H,21,22). The molecule has 2 aliphatic heterocycles. The zero-order valence-electron chi connectivity index (χ0n) is 16.2. The van der Waals surface area contributed by atoms with Gasteiger partial charge in [-0.15, -0.1) is 10.2 Å². The van der Waals surface area contributed by atoms with E-state index in [1.165, 1.54) is 11.1 Å². The molecule has 7 heteroatoms. The molecule has 7 nitrogen and oxygen atoms in total. The van der Waals surface area contributed by atoms with Crippen molar-refractivity contribution in [3.63, 3.8) is 0 Å². The van der Waals surface area contributed by atoms with Crippen LogP contribution in [0, 0.1) is 6.92 Å². The van der Waals surface area contributed by atoms with Gasteiger partial charge < -0.3 is 19.5 Å². The summed E-state index contributed by atoms with van der Waals surface area (Å²) in [7, 11) is 1.98. The number of nitrogens with zero attached hydrogens (tertiary/aromatic N) is 5. The maximum Gasteiger partial charge on any atom is 0.194 e. The minimum atomic E-state index is 0.282. The molecular weight excluding hydrogens is 340 g/mol. The van der Waals surface area contributed by atoms with Gasteiger partial charge in [-0.05, 0) is 37.3 Å². The van der Waals surface area contributed by atoms with Crippen molar-refractivity contribution in [2.24, 2.45) is 12.0 Å². The van der Waals surface area contributed by atoms with Gasteiger partial charge in [-0.1, -0.05) is 24.3 Å². The third-order valence-corrected chi connectivity index (χ3v) is 5.50. The first-order valence-electron chi connectivity index (χ1n) is 9.77. The molecule has 0 aliphatic carbocycles. The summed E-state index contributed by atoms with van der Waals surface area (Å²) in [6, 6.07) is 8.67. The molecule has 3 heterocycles. The summed E-state index contributed by atoms with van der Waals surface area (Å²) in [4.78, 5) is 7.21. The van der Waals surface area contributed by atoms with Crippen molar-refractivity contribution >= 4 is 5.96 Å². The zero-order chi connectivity index (χ0) is 18.6. The van der Waals surface area contributed by atoms with Gasteiger partial charge in [0.1, 0.15) is 12.4 Å². The van der Waals surface area contributed by atoms with Crippen LogP contribution in [0.5, 0.6) is 0 Å². The highest BCUT2D eigenvalue weighted by atomic mass is 16.5. The highest BCUT2D eigenvalue weighted by molar-refractivity contribution is 5.80. The molecule has 0 amide bonds. The Balaban J connectivity index is 1.50. The number of fused-ring (bicyclic) bond motifs is 1. The highest BCUT2D eigenvalue weighted by Crippen LogP contribution is 2.19. The summed E-state index contributed by atoms with van der Waals surface area (Å²) in [5.74, 6) is 2.71. The van der Waals surface area contributed by atoms with Gasteiger partial charge in [0.2, 0.25) is 0 Å². The molecule has 1 atom stereocenters. The Bertz CT molecular complexity index is 809. The quantitative estimate of drug-likeness (QED) is 0.658. The Hall–Kier alpha value is -2.41. The molecule has 144 valence electrons. The number of hydrogen-bond acceptors (Lipinski definition) is 4. The van der Waals surface area contributed by atoms with Crippen LogP contribution in [0.1, 0.15) is 35.6 Å². The van der Waals surface area contributed by atoms with E-state index in [1.807, 2.05) is 18.5 Å². The van der Waals surface area contributed by atoms with E-state index in [4.69, 9.17) is 9.73 Å². The molecule has 0 spiro atoms. The number of aliphatic imine (C=N–C) groups is 1. The molecule has 2 aromatic rings. The van der Waals surface area contributed by atoms with Gasteiger partial charge >= 0.3 is 0 Å². The molecule has 1 aromatic carbocycles. The smallest absolute Gasteiger partial charge is 0.194 e. The first kappa shape index (κ1) is 18.0. The lowest BCUT2D eigenvalue weighted by Gasteiger charge is -2.32. The topological polar surface area (TPSA) is 67.6 Å². The van der Waals surface area contributed by atoms with E-state index < -0.39 is 0 Å². The second-order valence-corrected chi connectivity index (χ2v) is 7.32. The highest BCUT2D eigenvalue weighted by Gasteiger charge is 2.21. The minimum Gasteiger partial charge on any atom is -0.376 e. The number of ether oxygens (including phenoxy) is 1. The molecule has 1 unspecified atom stereocenters. The van der Waals surface area contributed by atoms with Gasteiger partial charge in [0.25, 0.3) is 0 Å². The summed E-state index contributed by atoms with van der Waals surface area (Å²) in [6.45, 7) is 5.99. The Morgan fingerprint density at radius 1 is 1.30 bits per heavy atom. The van der Waals surface area contributed by atoms with Gasteiger partial charge in [0.15, 0.2) is 11.8 Å². The van der Waals surface area contributed by atoms with Crippen molar-refractivity contribution in [3.8, 4) is 0 Å². The van der Waals surface area contributed by atoms with Crippen LogP contribution in [0.25, 0.3) is 0 Å². The monoisotopic (exact) mass is 368 g/mol. The van der Waals surface area contributed by atoms with Crippen LogP contribution in [-0.4, -0.2) is 51.4 Å².